The molecule has 0 unspecified atom stereocenters. The fourth-order valence-corrected chi connectivity index (χ4v) is 1.86. The number of nitrogens with one attached hydrogen (secondary N) is 1. The van der Waals surface area contributed by atoms with Crippen molar-refractivity contribution in [2.45, 2.75) is 13.3 Å². The monoisotopic (exact) mass is 275 g/mol. The highest BCUT2D eigenvalue weighted by Gasteiger charge is 2.10. The van der Waals surface area contributed by atoms with Crippen LogP contribution in [0.15, 0.2) is 18.2 Å². The van der Waals surface area contributed by atoms with E-state index in [0.717, 1.165) is 0 Å². The number of hydrogen-bond acceptors (Lipinski definition) is 2. The van der Waals surface area contributed by atoms with Crippen molar-refractivity contribution in [3.8, 4) is 0 Å². The highest BCUT2D eigenvalue weighted by Crippen LogP contribution is 2.24. The van der Waals surface area contributed by atoms with E-state index in [9.17, 15) is 4.79 Å². The molecule has 0 aliphatic rings. The molecule has 0 atom stereocenters. The largest absolute Gasteiger partial charge is 0.380 e. The van der Waals surface area contributed by atoms with Gasteiger partial charge < -0.3 is 10.1 Å². The Balaban J connectivity index is 2.45. The molecule has 3 nitrogen and oxygen atoms in total. The van der Waals surface area contributed by atoms with Crippen LogP contribution < -0.4 is 5.32 Å². The van der Waals surface area contributed by atoms with E-state index in [2.05, 4.69) is 5.32 Å². The SMILES string of the molecule is CCOCCNC(=O)Cc1c(Cl)cccc1Cl. The molecule has 0 radical (unpaired) electrons. The van der Waals surface area contributed by atoms with Gasteiger partial charge in [-0.1, -0.05) is 29.3 Å². The predicted octanol–water partition coefficient (Wildman–Crippen LogP) is 2.69. The molecule has 1 aromatic rings. The highest BCUT2D eigenvalue weighted by atomic mass is 35.5. The molecule has 0 fully saturated rings. The first kappa shape index (κ1) is 14.3. The van der Waals surface area contributed by atoms with Crippen molar-refractivity contribution in [3.63, 3.8) is 0 Å². The third-order valence-electron chi connectivity index (χ3n) is 2.17. The van der Waals surface area contributed by atoms with Crippen LogP contribution in [0.25, 0.3) is 0 Å². The maximum Gasteiger partial charge on any atom is 0.224 e. The van der Waals surface area contributed by atoms with Crippen molar-refractivity contribution in [2.24, 2.45) is 0 Å². The van der Waals surface area contributed by atoms with Gasteiger partial charge >= 0.3 is 0 Å². The first-order chi connectivity index (χ1) is 8.15. The maximum atomic E-state index is 11.6. The Hall–Kier alpha value is -0.770. The van der Waals surface area contributed by atoms with E-state index < -0.39 is 0 Å². The second-order valence-corrected chi connectivity index (χ2v) is 4.24. The third kappa shape index (κ3) is 4.94. The first-order valence-corrected chi connectivity index (χ1v) is 6.18. The van der Waals surface area contributed by atoms with E-state index in [-0.39, 0.29) is 12.3 Å². The number of benzene rings is 1. The molecule has 5 heteroatoms. The normalized spacial score (nSPS) is 10.3. The fraction of sp³-hybridized carbons (Fsp3) is 0.417. The van der Waals surface area contributed by atoms with Crippen LogP contribution in [0.2, 0.25) is 10.0 Å². The summed E-state index contributed by atoms with van der Waals surface area (Å²) in [5.41, 5.74) is 0.657. The van der Waals surface area contributed by atoms with Crippen molar-refractivity contribution in [2.75, 3.05) is 19.8 Å². The van der Waals surface area contributed by atoms with Gasteiger partial charge in [-0.15, -0.1) is 0 Å². The molecule has 0 saturated carbocycles. The Kier molecular flexibility index (Phi) is 6.34. The van der Waals surface area contributed by atoms with Crippen LogP contribution in [-0.2, 0) is 16.0 Å². The van der Waals surface area contributed by atoms with E-state index >= 15 is 0 Å². The molecule has 0 bridgehead atoms. The van der Waals surface area contributed by atoms with Crippen molar-refractivity contribution >= 4 is 29.1 Å². The third-order valence-corrected chi connectivity index (χ3v) is 2.88. The smallest absolute Gasteiger partial charge is 0.224 e. The highest BCUT2D eigenvalue weighted by molar-refractivity contribution is 6.36. The Morgan fingerprint density at radius 2 is 2.00 bits per heavy atom. The van der Waals surface area contributed by atoms with Crippen LogP contribution in [-0.4, -0.2) is 25.7 Å². The second-order valence-electron chi connectivity index (χ2n) is 3.42. The number of carbonyl (C=O) groups excluding carboxylic acids is 1. The standard InChI is InChI=1S/C12H15Cl2NO2/c1-2-17-7-6-15-12(16)8-9-10(13)4-3-5-11(9)14/h3-5H,2,6-8H2,1H3,(H,15,16). The molecular formula is C12H15Cl2NO2. The van der Waals surface area contributed by atoms with Gasteiger partial charge in [-0.3, -0.25) is 4.79 Å². The van der Waals surface area contributed by atoms with Crippen LogP contribution in [0, 0.1) is 0 Å². The summed E-state index contributed by atoms with van der Waals surface area (Å²) in [6, 6.07) is 5.19. The van der Waals surface area contributed by atoms with Gasteiger partial charge in [0.05, 0.1) is 13.0 Å². The van der Waals surface area contributed by atoms with Gasteiger partial charge in [-0.05, 0) is 24.6 Å². The zero-order valence-electron chi connectivity index (χ0n) is 9.63. The van der Waals surface area contributed by atoms with E-state index in [4.69, 9.17) is 27.9 Å². The molecule has 1 aromatic carbocycles. The Bertz CT molecular complexity index is 363. The number of carbonyl (C=O) groups is 1. The van der Waals surface area contributed by atoms with Crippen LogP contribution in [0.3, 0.4) is 0 Å². The van der Waals surface area contributed by atoms with E-state index in [1.165, 1.54) is 0 Å². The average Bonchev–Trinajstić information content (AvgIpc) is 2.30. The van der Waals surface area contributed by atoms with Crippen molar-refractivity contribution in [1.82, 2.24) is 5.32 Å². The minimum Gasteiger partial charge on any atom is -0.380 e. The molecule has 0 saturated heterocycles. The van der Waals surface area contributed by atoms with Gasteiger partial charge in [-0.2, -0.15) is 0 Å². The average molecular weight is 276 g/mol. The summed E-state index contributed by atoms with van der Waals surface area (Å²) in [5, 5.41) is 3.76. The van der Waals surface area contributed by atoms with E-state index in [0.29, 0.717) is 35.4 Å². The van der Waals surface area contributed by atoms with Gasteiger partial charge in [-0.25, -0.2) is 0 Å². The summed E-state index contributed by atoms with van der Waals surface area (Å²) in [5.74, 6) is -0.111. The first-order valence-electron chi connectivity index (χ1n) is 5.42. The lowest BCUT2D eigenvalue weighted by atomic mass is 10.1. The van der Waals surface area contributed by atoms with Crippen LogP contribution in [0.1, 0.15) is 12.5 Å². The van der Waals surface area contributed by atoms with Crippen LogP contribution in [0.5, 0.6) is 0 Å². The molecule has 0 aliphatic carbocycles. The summed E-state index contributed by atoms with van der Waals surface area (Å²) in [6.07, 6.45) is 0.185. The summed E-state index contributed by atoms with van der Waals surface area (Å²) in [6.45, 7) is 3.56. The van der Waals surface area contributed by atoms with Gasteiger partial charge in [0, 0.05) is 23.2 Å². The minimum absolute atomic E-state index is 0.111. The number of rotatable bonds is 6. The molecule has 0 spiro atoms. The summed E-state index contributed by atoms with van der Waals surface area (Å²) >= 11 is 11.9. The zero-order chi connectivity index (χ0) is 12.7. The van der Waals surface area contributed by atoms with Crippen LogP contribution in [0.4, 0.5) is 0 Å². The Labute approximate surface area is 111 Å². The quantitative estimate of drug-likeness (QED) is 0.811. The van der Waals surface area contributed by atoms with Crippen LogP contribution >= 0.6 is 23.2 Å². The predicted molar refractivity (Wildman–Crippen MR) is 69.7 cm³/mol. The molecular weight excluding hydrogens is 261 g/mol. The topological polar surface area (TPSA) is 38.3 Å². The van der Waals surface area contributed by atoms with E-state index in [1.54, 1.807) is 18.2 Å². The van der Waals surface area contributed by atoms with Gasteiger partial charge in [0.1, 0.15) is 0 Å². The van der Waals surface area contributed by atoms with Crippen molar-refractivity contribution in [3.05, 3.63) is 33.8 Å². The molecule has 17 heavy (non-hydrogen) atoms. The molecule has 94 valence electrons. The Morgan fingerprint density at radius 3 is 2.59 bits per heavy atom. The lowest BCUT2D eigenvalue weighted by molar-refractivity contribution is -0.120. The Morgan fingerprint density at radius 1 is 1.35 bits per heavy atom. The lowest BCUT2D eigenvalue weighted by Gasteiger charge is -2.08. The van der Waals surface area contributed by atoms with Gasteiger partial charge in [0.15, 0.2) is 0 Å². The summed E-state index contributed by atoms with van der Waals surface area (Å²) in [7, 11) is 0. The molecule has 1 rings (SSSR count). The summed E-state index contributed by atoms with van der Waals surface area (Å²) in [4.78, 5) is 11.6. The second kappa shape index (κ2) is 7.54. The fourth-order valence-electron chi connectivity index (χ4n) is 1.33. The number of amides is 1. The van der Waals surface area contributed by atoms with Gasteiger partial charge in [0.25, 0.3) is 0 Å². The maximum absolute atomic E-state index is 11.6. The number of ether oxygens (including phenoxy) is 1. The lowest BCUT2D eigenvalue weighted by Crippen LogP contribution is -2.28. The summed E-state index contributed by atoms with van der Waals surface area (Å²) < 4.78 is 5.11. The molecule has 0 heterocycles. The number of hydrogen-bond donors (Lipinski definition) is 1. The zero-order valence-corrected chi connectivity index (χ0v) is 11.1. The minimum atomic E-state index is -0.111. The van der Waals surface area contributed by atoms with E-state index in [1.807, 2.05) is 6.92 Å². The molecule has 0 aliphatic heterocycles. The molecule has 1 amide bonds. The van der Waals surface area contributed by atoms with Gasteiger partial charge in [0.2, 0.25) is 5.91 Å². The molecule has 1 N–H and O–H groups in total. The number of halogens is 2. The van der Waals surface area contributed by atoms with Crippen molar-refractivity contribution in [1.29, 1.82) is 0 Å². The van der Waals surface area contributed by atoms with Crippen molar-refractivity contribution < 1.29 is 9.53 Å². The molecule has 0 aromatic heterocycles.